The summed E-state index contributed by atoms with van der Waals surface area (Å²) in [5.41, 5.74) is 4.30. The van der Waals surface area contributed by atoms with Crippen LogP contribution in [0.2, 0.25) is 0 Å². The van der Waals surface area contributed by atoms with Crippen molar-refractivity contribution in [2.24, 2.45) is 0 Å². The number of benzene rings is 1. The topological polar surface area (TPSA) is 99.0 Å². The van der Waals surface area contributed by atoms with Crippen LogP contribution in [0.5, 0.6) is 0 Å². The summed E-state index contributed by atoms with van der Waals surface area (Å²) in [5.74, 6) is 1.02. The Balaban J connectivity index is 1.40. The van der Waals surface area contributed by atoms with Gasteiger partial charge >= 0.3 is 0 Å². The van der Waals surface area contributed by atoms with Crippen molar-refractivity contribution in [2.45, 2.75) is 6.42 Å². The quantitative estimate of drug-likeness (QED) is 0.408. The fourth-order valence-electron chi connectivity index (χ4n) is 4.28. The van der Waals surface area contributed by atoms with Gasteiger partial charge in [0.05, 0.1) is 17.6 Å². The van der Waals surface area contributed by atoms with E-state index in [1.165, 1.54) is 12.7 Å². The molecule has 0 unspecified atom stereocenters. The summed E-state index contributed by atoms with van der Waals surface area (Å²) < 4.78 is 27.1. The van der Waals surface area contributed by atoms with Crippen LogP contribution >= 0.6 is 0 Å². The molecule has 4 aromatic rings. The molecule has 11 heteroatoms. The molecule has 0 saturated carbocycles. The summed E-state index contributed by atoms with van der Waals surface area (Å²) in [7, 11) is 0.172. The summed E-state index contributed by atoms with van der Waals surface area (Å²) in [4.78, 5) is 13.8. The minimum Gasteiger partial charge on any atom is -0.369 e. The summed E-state index contributed by atoms with van der Waals surface area (Å²) in [6.45, 7) is 4.16. The van der Waals surface area contributed by atoms with Crippen LogP contribution in [-0.4, -0.2) is 79.4 Å². The predicted molar refractivity (Wildman–Crippen MR) is 143 cm³/mol. The lowest BCUT2D eigenvalue weighted by Gasteiger charge is -2.34. The highest BCUT2D eigenvalue weighted by Gasteiger charge is 2.19. The zero-order chi connectivity index (χ0) is 25.3. The number of likely N-dealkylation sites (N-methyl/N-ethyl adjacent to an activating group) is 1. The Hall–Kier alpha value is -3.70. The number of piperazine rings is 1. The van der Waals surface area contributed by atoms with E-state index in [1.807, 2.05) is 18.3 Å². The Bertz CT molecular complexity index is 1480. The predicted octanol–water partition coefficient (Wildman–Crippen LogP) is 2.61. The molecule has 1 aliphatic heterocycles. The fraction of sp³-hybridized carbons (Fsp3) is 0.320. The van der Waals surface area contributed by atoms with Crippen molar-refractivity contribution in [2.75, 3.05) is 61.1 Å². The summed E-state index contributed by atoms with van der Waals surface area (Å²) in [6, 6.07) is 15.9. The molecule has 188 valence electrons. The Morgan fingerprint density at radius 3 is 2.58 bits per heavy atom. The van der Waals surface area contributed by atoms with E-state index in [9.17, 15) is 8.42 Å². The minimum atomic E-state index is -3.47. The van der Waals surface area contributed by atoms with Crippen LogP contribution in [-0.2, 0) is 16.4 Å². The van der Waals surface area contributed by atoms with Crippen molar-refractivity contribution in [1.29, 1.82) is 0 Å². The average Bonchev–Trinajstić information content (AvgIpc) is 3.27. The summed E-state index contributed by atoms with van der Waals surface area (Å²) in [6.07, 6.45) is 5.17. The Labute approximate surface area is 211 Å². The van der Waals surface area contributed by atoms with Gasteiger partial charge in [0.15, 0.2) is 17.3 Å². The lowest BCUT2D eigenvalue weighted by molar-refractivity contribution is 0.313. The normalized spacial score (nSPS) is 14.8. The van der Waals surface area contributed by atoms with E-state index in [2.05, 4.69) is 56.5 Å². The van der Waals surface area contributed by atoms with Crippen LogP contribution in [0.4, 0.5) is 22.9 Å². The van der Waals surface area contributed by atoms with Gasteiger partial charge < -0.3 is 15.1 Å². The highest BCUT2D eigenvalue weighted by Crippen LogP contribution is 2.29. The van der Waals surface area contributed by atoms with Gasteiger partial charge in [-0.15, -0.1) is 0 Å². The van der Waals surface area contributed by atoms with Crippen LogP contribution in [0.15, 0.2) is 60.9 Å². The molecule has 1 aliphatic rings. The molecule has 0 radical (unpaired) electrons. The monoisotopic (exact) mass is 506 g/mol. The van der Waals surface area contributed by atoms with Gasteiger partial charge in [0.25, 0.3) is 0 Å². The molecule has 3 aromatic heterocycles. The van der Waals surface area contributed by atoms with Gasteiger partial charge in [-0.25, -0.2) is 22.9 Å². The third-order valence-electron chi connectivity index (χ3n) is 6.40. The number of rotatable bonds is 7. The largest absolute Gasteiger partial charge is 0.369 e. The lowest BCUT2D eigenvalue weighted by Crippen LogP contribution is -2.44. The van der Waals surface area contributed by atoms with Gasteiger partial charge in [-0.1, -0.05) is 12.1 Å². The zero-order valence-electron chi connectivity index (χ0n) is 20.7. The number of aromatic nitrogens is 4. The first-order valence-corrected chi connectivity index (χ1v) is 13.7. The molecule has 1 fully saturated rings. The maximum Gasteiger partial charge on any atom is 0.233 e. The number of hydrogen-bond acceptors (Lipinski definition) is 8. The van der Waals surface area contributed by atoms with E-state index in [0.717, 1.165) is 42.3 Å². The van der Waals surface area contributed by atoms with Crippen molar-refractivity contribution in [1.82, 2.24) is 24.5 Å². The number of anilines is 4. The fourth-order valence-corrected chi connectivity index (χ4v) is 4.74. The Morgan fingerprint density at radius 2 is 1.81 bits per heavy atom. The second kappa shape index (κ2) is 9.75. The molecule has 1 N–H and O–H groups in total. The molecule has 0 spiro atoms. The van der Waals surface area contributed by atoms with Crippen molar-refractivity contribution < 1.29 is 8.42 Å². The highest BCUT2D eigenvalue weighted by molar-refractivity contribution is 7.92. The molecule has 36 heavy (non-hydrogen) atoms. The number of pyridine rings is 2. The average molecular weight is 507 g/mol. The van der Waals surface area contributed by atoms with Gasteiger partial charge in [-0.3, -0.25) is 4.31 Å². The maximum atomic E-state index is 12.1. The standard InChI is InChI=1S/C25H30N8O2S/c1-30-13-15-32(16-14-30)20-8-4-7-19(17-20)18-23-28-25-22(10-6-12-33(25)29-23)27-21-9-5-11-26-24(21)31(2)36(3,34)35/h4-12,17,27H,13-16,18H2,1-3H3. The number of hydrogen-bond donors (Lipinski definition) is 1. The first-order chi connectivity index (χ1) is 17.3. The molecule has 5 rings (SSSR count). The van der Waals surface area contributed by atoms with E-state index in [1.54, 1.807) is 22.8 Å². The van der Waals surface area contributed by atoms with E-state index < -0.39 is 10.0 Å². The molecule has 4 heterocycles. The molecule has 0 atom stereocenters. The van der Waals surface area contributed by atoms with Crippen molar-refractivity contribution >= 4 is 38.6 Å². The molecule has 0 amide bonds. The van der Waals surface area contributed by atoms with Crippen LogP contribution in [0.1, 0.15) is 11.4 Å². The van der Waals surface area contributed by atoms with Gasteiger partial charge in [-0.2, -0.15) is 5.10 Å². The number of nitrogens with one attached hydrogen (secondary N) is 1. The number of fused-ring (bicyclic) bond motifs is 1. The van der Waals surface area contributed by atoms with Crippen molar-refractivity contribution in [3.05, 3.63) is 72.3 Å². The van der Waals surface area contributed by atoms with Crippen molar-refractivity contribution in [3.8, 4) is 0 Å². The summed E-state index contributed by atoms with van der Waals surface area (Å²) >= 11 is 0. The second-order valence-corrected chi connectivity index (χ2v) is 11.1. The van der Waals surface area contributed by atoms with E-state index in [-0.39, 0.29) is 0 Å². The molecule has 10 nitrogen and oxygen atoms in total. The third-order valence-corrected chi connectivity index (χ3v) is 7.57. The Kier molecular flexibility index (Phi) is 6.50. The van der Waals surface area contributed by atoms with Gasteiger partial charge in [0, 0.05) is 57.7 Å². The van der Waals surface area contributed by atoms with Crippen LogP contribution in [0.3, 0.4) is 0 Å². The SMILES string of the molecule is CN1CCN(c2cccc(Cc3nc4c(Nc5cccnc5N(C)S(C)(=O)=O)cccn4n3)c2)CC1. The third kappa shape index (κ3) is 5.12. The van der Waals surface area contributed by atoms with Gasteiger partial charge in [0.1, 0.15) is 0 Å². The zero-order valence-corrected chi connectivity index (χ0v) is 21.5. The number of nitrogens with zero attached hydrogens (tertiary/aromatic N) is 7. The first-order valence-electron chi connectivity index (χ1n) is 11.8. The van der Waals surface area contributed by atoms with E-state index >= 15 is 0 Å². The maximum absolute atomic E-state index is 12.1. The molecule has 1 aromatic carbocycles. The molecule has 0 aliphatic carbocycles. The van der Waals surface area contributed by atoms with Crippen molar-refractivity contribution in [3.63, 3.8) is 0 Å². The van der Waals surface area contributed by atoms with Crippen LogP contribution < -0.4 is 14.5 Å². The molecule has 1 saturated heterocycles. The van der Waals surface area contributed by atoms with E-state index in [4.69, 9.17) is 4.98 Å². The van der Waals surface area contributed by atoms with Crippen LogP contribution in [0, 0.1) is 0 Å². The summed E-state index contributed by atoms with van der Waals surface area (Å²) in [5, 5.41) is 7.98. The van der Waals surface area contributed by atoms with Gasteiger partial charge in [0.2, 0.25) is 10.0 Å². The highest BCUT2D eigenvalue weighted by atomic mass is 32.2. The van der Waals surface area contributed by atoms with E-state index in [0.29, 0.717) is 35.1 Å². The second-order valence-electron chi connectivity index (χ2n) is 9.09. The number of sulfonamides is 1. The molecule has 0 bridgehead atoms. The molecular weight excluding hydrogens is 476 g/mol. The van der Waals surface area contributed by atoms with Gasteiger partial charge in [-0.05, 0) is 49.0 Å². The smallest absolute Gasteiger partial charge is 0.233 e. The molecular formula is C25H30N8O2S. The van der Waals surface area contributed by atoms with Crippen LogP contribution in [0.25, 0.3) is 5.65 Å². The lowest BCUT2D eigenvalue weighted by atomic mass is 10.1. The first kappa shape index (κ1) is 24.0. The Morgan fingerprint density at radius 1 is 1.03 bits per heavy atom. The minimum absolute atomic E-state index is 0.308.